The Morgan fingerprint density at radius 3 is 2.27 bits per heavy atom. The Morgan fingerprint density at radius 1 is 1.00 bits per heavy atom. The van der Waals surface area contributed by atoms with E-state index in [2.05, 4.69) is 10.3 Å². The zero-order valence-electron chi connectivity index (χ0n) is 12.7. The van der Waals surface area contributed by atoms with Crippen LogP contribution in [0.25, 0.3) is 11.0 Å². The summed E-state index contributed by atoms with van der Waals surface area (Å²) in [4.78, 5) is 4.62. The second-order valence-corrected chi connectivity index (χ2v) is 7.05. The topological polar surface area (TPSA) is 64.0 Å². The van der Waals surface area contributed by atoms with E-state index in [9.17, 15) is 8.42 Å². The van der Waals surface area contributed by atoms with Gasteiger partial charge in [0, 0.05) is 7.05 Å². The summed E-state index contributed by atoms with van der Waals surface area (Å²) in [5.41, 5.74) is 3.27. The largest absolute Gasteiger partial charge is 0.358 e. The number of nitrogens with zero attached hydrogens (tertiary/aromatic N) is 2. The van der Waals surface area contributed by atoms with Crippen molar-refractivity contribution in [2.24, 2.45) is 0 Å². The van der Waals surface area contributed by atoms with Crippen molar-refractivity contribution in [3.05, 3.63) is 53.6 Å². The Morgan fingerprint density at radius 2 is 1.64 bits per heavy atom. The smallest absolute Gasteiger partial charge is 0.271 e. The summed E-state index contributed by atoms with van der Waals surface area (Å²) in [6.07, 6.45) is 0. The number of benzene rings is 2. The van der Waals surface area contributed by atoms with E-state index in [0.29, 0.717) is 17.0 Å². The molecule has 0 spiro atoms. The average Bonchev–Trinajstić information content (AvgIpc) is 2.85. The summed E-state index contributed by atoms with van der Waals surface area (Å²) in [5.74, 6) is 0.307. The molecule has 3 aromatic rings. The van der Waals surface area contributed by atoms with Gasteiger partial charge in [-0.2, -0.15) is 0 Å². The standard InChI is InChI=1S/C16H17N3O2S/c1-11-4-7-13(8-5-11)22(20,21)19-15-9-6-12(2)10-14(15)18-16(19)17-3/h4-10H,1-3H3,(H,17,18). The molecule has 5 nitrogen and oxygen atoms in total. The lowest BCUT2D eigenvalue weighted by molar-refractivity contribution is 0.589. The number of hydrogen-bond donors (Lipinski definition) is 1. The molecule has 3 rings (SSSR count). The molecule has 0 amide bonds. The van der Waals surface area contributed by atoms with Gasteiger partial charge in [-0.1, -0.05) is 23.8 Å². The molecular formula is C16H17N3O2S. The van der Waals surface area contributed by atoms with Crippen molar-refractivity contribution in [2.45, 2.75) is 18.7 Å². The maximum absolute atomic E-state index is 13.0. The molecule has 114 valence electrons. The normalized spacial score (nSPS) is 11.8. The molecule has 0 aliphatic carbocycles. The summed E-state index contributed by atoms with van der Waals surface area (Å²) < 4.78 is 27.2. The van der Waals surface area contributed by atoms with Crippen LogP contribution in [0, 0.1) is 13.8 Å². The first-order valence-electron chi connectivity index (χ1n) is 6.92. The van der Waals surface area contributed by atoms with Crippen LogP contribution in [0.2, 0.25) is 0 Å². The number of fused-ring (bicyclic) bond motifs is 1. The molecule has 2 aromatic carbocycles. The van der Waals surface area contributed by atoms with E-state index in [0.717, 1.165) is 11.1 Å². The molecule has 1 heterocycles. The third-order valence-corrected chi connectivity index (χ3v) is 5.27. The van der Waals surface area contributed by atoms with Crippen molar-refractivity contribution < 1.29 is 8.42 Å². The lowest BCUT2D eigenvalue weighted by Gasteiger charge is -2.10. The Hall–Kier alpha value is -2.34. The molecule has 1 aromatic heterocycles. The number of nitrogens with one attached hydrogen (secondary N) is 1. The number of anilines is 1. The molecule has 0 fully saturated rings. The molecule has 0 aliphatic heterocycles. The molecule has 6 heteroatoms. The maximum atomic E-state index is 13.0. The molecule has 0 saturated heterocycles. The average molecular weight is 315 g/mol. The second-order valence-electron chi connectivity index (χ2n) is 5.26. The molecule has 0 bridgehead atoms. The molecular weight excluding hydrogens is 298 g/mol. The van der Waals surface area contributed by atoms with Crippen molar-refractivity contribution in [1.82, 2.24) is 8.96 Å². The Bertz CT molecular complexity index is 941. The predicted molar refractivity (Wildman–Crippen MR) is 87.8 cm³/mol. The Labute approximate surface area is 129 Å². The number of rotatable bonds is 3. The third kappa shape index (κ3) is 2.25. The maximum Gasteiger partial charge on any atom is 0.271 e. The molecule has 1 N–H and O–H groups in total. The van der Waals surface area contributed by atoms with E-state index < -0.39 is 10.0 Å². The summed E-state index contributed by atoms with van der Waals surface area (Å²) >= 11 is 0. The van der Waals surface area contributed by atoms with E-state index in [1.807, 2.05) is 26.0 Å². The van der Waals surface area contributed by atoms with Crippen molar-refractivity contribution in [3.63, 3.8) is 0 Å². The number of aryl methyl sites for hydroxylation is 2. The Balaban J connectivity index is 2.30. The summed E-state index contributed by atoms with van der Waals surface area (Å²) in [5, 5.41) is 2.86. The lowest BCUT2D eigenvalue weighted by Crippen LogP contribution is -2.15. The fourth-order valence-corrected chi connectivity index (χ4v) is 3.85. The van der Waals surface area contributed by atoms with E-state index in [1.54, 1.807) is 37.4 Å². The van der Waals surface area contributed by atoms with Crippen LogP contribution in [-0.2, 0) is 10.0 Å². The van der Waals surface area contributed by atoms with E-state index in [-0.39, 0.29) is 4.90 Å². The van der Waals surface area contributed by atoms with Gasteiger partial charge in [0.15, 0.2) is 0 Å². The van der Waals surface area contributed by atoms with Gasteiger partial charge < -0.3 is 5.32 Å². The van der Waals surface area contributed by atoms with Gasteiger partial charge in [-0.25, -0.2) is 17.4 Å². The first kappa shape index (κ1) is 14.6. The molecule has 0 unspecified atom stereocenters. The van der Waals surface area contributed by atoms with Gasteiger partial charge in [0.1, 0.15) is 0 Å². The highest BCUT2D eigenvalue weighted by molar-refractivity contribution is 7.90. The predicted octanol–water partition coefficient (Wildman–Crippen LogP) is 2.93. The van der Waals surface area contributed by atoms with Gasteiger partial charge in [0.05, 0.1) is 15.9 Å². The third-order valence-electron chi connectivity index (χ3n) is 3.55. The highest BCUT2D eigenvalue weighted by Crippen LogP contribution is 2.26. The van der Waals surface area contributed by atoms with Crippen LogP contribution in [0.3, 0.4) is 0 Å². The van der Waals surface area contributed by atoms with Gasteiger partial charge >= 0.3 is 0 Å². The molecule has 0 atom stereocenters. The van der Waals surface area contributed by atoms with Crippen LogP contribution in [0.5, 0.6) is 0 Å². The molecule has 0 radical (unpaired) electrons. The van der Waals surface area contributed by atoms with Gasteiger partial charge in [0.25, 0.3) is 10.0 Å². The van der Waals surface area contributed by atoms with Crippen molar-refractivity contribution in [3.8, 4) is 0 Å². The minimum absolute atomic E-state index is 0.245. The second kappa shape index (κ2) is 5.14. The highest BCUT2D eigenvalue weighted by atomic mass is 32.2. The monoisotopic (exact) mass is 315 g/mol. The van der Waals surface area contributed by atoms with Crippen LogP contribution in [0.4, 0.5) is 5.95 Å². The van der Waals surface area contributed by atoms with Crippen molar-refractivity contribution in [1.29, 1.82) is 0 Å². The fraction of sp³-hybridized carbons (Fsp3) is 0.188. The lowest BCUT2D eigenvalue weighted by atomic mass is 10.2. The van der Waals surface area contributed by atoms with Crippen LogP contribution in [0.15, 0.2) is 47.4 Å². The minimum Gasteiger partial charge on any atom is -0.358 e. The highest BCUT2D eigenvalue weighted by Gasteiger charge is 2.23. The fourth-order valence-electron chi connectivity index (χ4n) is 2.38. The van der Waals surface area contributed by atoms with Crippen molar-refractivity contribution >= 4 is 27.0 Å². The van der Waals surface area contributed by atoms with Crippen molar-refractivity contribution in [2.75, 3.05) is 12.4 Å². The van der Waals surface area contributed by atoms with Crippen LogP contribution in [0.1, 0.15) is 11.1 Å². The molecule has 22 heavy (non-hydrogen) atoms. The van der Waals surface area contributed by atoms with Crippen LogP contribution < -0.4 is 5.32 Å². The quantitative estimate of drug-likeness (QED) is 0.807. The molecule has 0 aliphatic rings. The number of hydrogen-bond acceptors (Lipinski definition) is 4. The number of imidazole rings is 1. The van der Waals surface area contributed by atoms with E-state index in [4.69, 9.17) is 0 Å². The Kier molecular flexibility index (Phi) is 3.41. The molecule has 0 saturated carbocycles. The minimum atomic E-state index is -3.70. The van der Waals surface area contributed by atoms with Gasteiger partial charge in [-0.05, 0) is 43.7 Å². The first-order chi connectivity index (χ1) is 10.4. The first-order valence-corrected chi connectivity index (χ1v) is 8.36. The van der Waals surface area contributed by atoms with Gasteiger partial charge in [-0.15, -0.1) is 0 Å². The van der Waals surface area contributed by atoms with E-state index in [1.165, 1.54) is 3.97 Å². The summed E-state index contributed by atoms with van der Waals surface area (Å²) in [7, 11) is -2.04. The summed E-state index contributed by atoms with van der Waals surface area (Å²) in [6.45, 7) is 3.87. The van der Waals surface area contributed by atoms with Crippen LogP contribution >= 0.6 is 0 Å². The van der Waals surface area contributed by atoms with Gasteiger partial charge in [0.2, 0.25) is 5.95 Å². The van der Waals surface area contributed by atoms with E-state index >= 15 is 0 Å². The van der Waals surface area contributed by atoms with Gasteiger partial charge in [-0.3, -0.25) is 0 Å². The number of aromatic nitrogens is 2. The SMILES string of the molecule is CNc1nc2cc(C)ccc2n1S(=O)(=O)c1ccc(C)cc1. The summed E-state index contributed by atoms with van der Waals surface area (Å²) in [6, 6.07) is 12.3. The van der Waals surface area contributed by atoms with Crippen LogP contribution in [-0.4, -0.2) is 24.4 Å². The zero-order chi connectivity index (χ0) is 15.9. The zero-order valence-corrected chi connectivity index (χ0v) is 13.5.